The summed E-state index contributed by atoms with van der Waals surface area (Å²) < 4.78 is 0. The predicted octanol–water partition coefficient (Wildman–Crippen LogP) is 5.38. The van der Waals surface area contributed by atoms with Gasteiger partial charge in [0.05, 0.1) is 6.10 Å². The molecular weight excluding hydrogens is 268 g/mol. The molecule has 1 aromatic rings. The summed E-state index contributed by atoms with van der Waals surface area (Å²) in [6.45, 7) is 0. The molecule has 0 saturated heterocycles. The van der Waals surface area contributed by atoms with Gasteiger partial charge in [0.15, 0.2) is 0 Å². The number of benzene rings is 1. The highest BCUT2D eigenvalue weighted by atomic mass is 35.5. The first-order valence-corrected chi connectivity index (χ1v) is 7.62. The number of hydrogen-bond acceptors (Lipinski definition) is 1. The van der Waals surface area contributed by atoms with Crippen LogP contribution in [0.4, 0.5) is 0 Å². The predicted molar refractivity (Wildman–Crippen MR) is 85.9 cm³/mol. The van der Waals surface area contributed by atoms with E-state index in [0.717, 1.165) is 18.4 Å². The van der Waals surface area contributed by atoms with E-state index in [1.807, 2.05) is 24.3 Å². The van der Waals surface area contributed by atoms with Crippen molar-refractivity contribution in [2.24, 2.45) is 0 Å². The van der Waals surface area contributed by atoms with Gasteiger partial charge in [0.25, 0.3) is 0 Å². The highest BCUT2D eigenvalue weighted by Crippen LogP contribution is 2.19. The fraction of sp³-hybridized carbons (Fsp3) is 0.333. The van der Waals surface area contributed by atoms with Crippen LogP contribution in [0, 0.1) is 0 Å². The maximum Gasteiger partial charge on any atom is 0.0975 e. The molecule has 0 fully saturated rings. The lowest BCUT2D eigenvalue weighted by Crippen LogP contribution is -1.92. The molecule has 2 rings (SSSR count). The van der Waals surface area contributed by atoms with Gasteiger partial charge < -0.3 is 5.11 Å². The maximum absolute atomic E-state index is 10.1. The molecule has 2 heteroatoms. The zero-order chi connectivity index (χ0) is 14.2. The van der Waals surface area contributed by atoms with Gasteiger partial charge in [-0.3, -0.25) is 0 Å². The second-order valence-electron chi connectivity index (χ2n) is 5.10. The first-order chi connectivity index (χ1) is 9.75. The zero-order valence-electron chi connectivity index (χ0n) is 11.6. The SMILES string of the molecule is OC(/C=C/C1=C/CCCCC/C=C\1)c1ccc(Cl)cc1. The fourth-order valence-electron chi connectivity index (χ4n) is 2.24. The van der Waals surface area contributed by atoms with Crippen LogP contribution in [0.15, 0.2) is 60.2 Å². The molecule has 1 unspecified atom stereocenters. The van der Waals surface area contributed by atoms with E-state index >= 15 is 0 Å². The summed E-state index contributed by atoms with van der Waals surface area (Å²) in [5.41, 5.74) is 2.04. The summed E-state index contributed by atoms with van der Waals surface area (Å²) >= 11 is 5.85. The van der Waals surface area contributed by atoms with Gasteiger partial charge in [0.2, 0.25) is 0 Å². The number of halogens is 1. The van der Waals surface area contributed by atoms with Crippen LogP contribution in [0.2, 0.25) is 5.02 Å². The smallest absolute Gasteiger partial charge is 0.0975 e. The van der Waals surface area contributed by atoms with Gasteiger partial charge in [0, 0.05) is 5.02 Å². The quantitative estimate of drug-likeness (QED) is 0.792. The van der Waals surface area contributed by atoms with Crippen LogP contribution in [-0.4, -0.2) is 5.11 Å². The van der Waals surface area contributed by atoms with E-state index < -0.39 is 6.10 Å². The molecule has 0 amide bonds. The molecule has 1 aromatic carbocycles. The fourth-order valence-corrected chi connectivity index (χ4v) is 2.36. The van der Waals surface area contributed by atoms with Gasteiger partial charge >= 0.3 is 0 Å². The van der Waals surface area contributed by atoms with Crippen molar-refractivity contribution in [2.45, 2.75) is 38.2 Å². The van der Waals surface area contributed by atoms with Crippen molar-refractivity contribution in [3.05, 3.63) is 70.8 Å². The summed E-state index contributed by atoms with van der Waals surface area (Å²) in [5.74, 6) is 0. The van der Waals surface area contributed by atoms with Gasteiger partial charge in [-0.25, -0.2) is 0 Å². The Morgan fingerprint density at radius 1 is 1.05 bits per heavy atom. The largest absolute Gasteiger partial charge is 0.384 e. The van der Waals surface area contributed by atoms with Gasteiger partial charge in [0.1, 0.15) is 0 Å². The second kappa shape index (κ2) is 8.08. The minimum absolute atomic E-state index is 0.589. The van der Waals surface area contributed by atoms with E-state index in [9.17, 15) is 5.11 Å². The topological polar surface area (TPSA) is 20.2 Å². The number of hydrogen-bond donors (Lipinski definition) is 1. The summed E-state index contributed by atoms with van der Waals surface area (Å²) in [4.78, 5) is 0. The molecule has 0 heterocycles. The number of allylic oxidation sites excluding steroid dienone is 5. The average Bonchev–Trinajstić information content (AvgIpc) is 2.59. The van der Waals surface area contributed by atoms with Gasteiger partial charge in [-0.2, -0.15) is 0 Å². The van der Waals surface area contributed by atoms with Gasteiger partial charge in [-0.1, -0.05) is 60.5 Å². The third-order valence-corrected chi connectivity index (χ3v) is 3.70. The molecule has 106 valence electrons. The van der Waals surface area contributed by atoms with Crippen molar-refractivity contribution < 1.29 is 5.11 Å². The van der Waals surface area contributed by atoms with E-state index in [4.69, 9.17) is 11.6 Å². The molecule has 0 aromatic heterocycles. The molecule has 1 N–H and O–H groups in total. The molecule has 1 aliphatic carbocycles. The first kappa shape index (κ1) is 15.1. The van der Waals surface area contributed by atoms with Crippen LogP contribution in [0.5, 0.6) is 0 Å². The van der Waals surface area contributed by atoms with E-state index in [1.165, 1.54) is 24.8 Å². The number of aliphatic hydroxyl groups excluding tert-OH is 1. The molecule has 0 bridgehead atoms. The summed E-state index contributed by atoms with van der Waals surface area (Å²) in [6.07, 6.45) is 15.9. The summed E-state index contributed by atoms with van der Waals surface area (Å²) in [6, 6.07) is 7.30. The molecule has 20 heavy (non-hydrogen) atoms. The van der Waals surface area contributed by atoms with Crippen LogP contribution in [0.3, 0.4) is 0 Å². The lowest BCUT2D eigenvalue weighted by Gasteiger charge is -2.06. The molecule has 1 aliphatic rings. The Kier molecular flexibility index (Phi) is 6.10. The Balaban J connectivity index is 2.02. The lowest BCUT2D eigenvalue weighted by atomic mass is 10.1. The third-order valence-electron chi connectivity index (χ3n) is 3.45. The highest BCUT2D eigenvalue weighted by molar-refractivity contribution is 6.30. The number of aliphatic hydroxyl groups is 1. The minimum atomic E-state index is -0.589. The molecule has 0 saturated carbocycles. The Labute approximate surface area is 126 Å². The Bertz CT molecular complexity index is 497. The van der Waals surface area contributed by atoms with Gasteiger partial charge in [-0.05, 0) is 49.0 Å². The highest BCUT2D eigenvalue weighted by Gasteiger charge is 2.02. The minimum Gasteiger partial charge on any atom is -0.384 e. The molecular formula is C18H21ClO. The van der Waals surface area contributed by atoms with E-state index in [1.54, 1.807) is 12.1 Å². The Hall–Kier alpha value is -1.31. The average molecular weight is 289 g/mol. The van der Waals surface area contributed by atoms with Crippen molar-refractivity contribution in [2.75, 3.05) is 0 Å². The molecule has 0 aliphatic heterocycles. The summed E-state index contributed by atoms with van der Waals surface area (Å²) in [7, 11) is 0. The number of rotatable bonds is 3. The van der Waals surface area contributed by atoms with Gasteiger partial charge in [-0.15, -0.1) is 0 Å². The van der Waals surface area contributed by atoms with Crippen molar-refractivity contribution in [3.63, 3.8) is 0 Å². The third kappa shape index (κ3) is 4.99. The van der Waals surface area contributed by atoms with E-state index in [0.29, 0.717) is 5.02 Å². The van der Waals surface area contributed by atoms with Crippen LogP contribution < -0.4 is 0 Å². The van der Waals surface area contributed by atoms with Crippen molar-refractivity contribution in [3.8, 4) is 0 Å². The lowest BCUT2D eigenvalue weighted by molar-refractivity contribution is 0.228. The van der Waals surface area contributed by atoms with Crippen molar-refractivity contribution in [1.82, 2.24) is 0 Å². The molecule has 1 atom stereocenters. The Morgan fingerprint density at radius 2 is 1.80 bits per heavy atom. The van der Waals surface area contributed by atoms with Crippen LogP contribution in [-0.2, 0) is 0 Å². The zero-order valence-corrected chi connectivity index (χ0v) is 12.4. The van der Waals surface area contributed by atoms with E-state index in [2.05, 4.69) is 18.2 Å². The standard InChI is InChI=1S/C18H21ClO/c19-17-12-10-16(11-13-17)18(20)14-9-15-7-5-3-1-2-4-6-8-15/h5,7-14,18,20H,1-4,6H2/b7-5-,14-9+,15-8+. The van der Waals surface area contributed by atoms with E-state index in [-0.39, 0.29) is 0 Å². The normalized spacial score (nSPS) is 22.4. The van der Waals surface area contributed by atoms with Crippen LogP contribution >= 0.6 is 11.6 Å². The molecule has 0 radical (unpaired) electrons. The molecule has 0 spiro atoms. The Morgan fingerprint density at radius 3 is 2.60 bits per heavy atom. The second-order valence-corrected chi connectivity index (χ2v) is 5.54. The molecule has 1 nitrogen and oxygen atoms in total. The van der Waals surface area contributed by atoms with Crippen LogP contribution in [0.25, 0.3) is 0 Å². The van der Waals surface area contributed by atoms with Crippen molar-refractivity contribution >= 4 is 11.6 Å². The van der Waals surface area contributed by atoms with Crippen molar-refractivity contribution in [1.29, 1.82) is 0 Å². The monoisotopic (exact) mass is 288 g/mol. The maximum atomic E-state index is 10.1. The van der Waals surface area contributed by atoms with Crippen LogP contribution in [0.1, 0.15) is 43.8 Å². The first-order valence-electron chi connectivity index (χ1n) is 7.24. The summed E-state index contributed by atoms with van der Waals surface area (Å²) in [5, 5.41) is 10.8.